The summed E-state index contributed by atoms with van der Waals surface area (Å²) in [7, 11) is 0.655. The molecule has 2 aliphatic heterocycles. The SMILES string of the molecule is CCCC1=C2[C@@H](CC/C(=C/c3ccc(O)cc3)CC)OB(O)C[C@@H]2[C@@H]2C(=O)N(C)C(=O)[C@@H]2C1. The van der Waals surface area contributed by atoms with E-state index < -0.39 is 7.12 Å². The first kappa shape index (κ1) is 23.8. The van der Waals surface area contributed by atoms with E-state index in [0.717, 1.165) is 37.7 Å². The average Bonchev–Trinajstić information content (AvgIpc) is 3.01. The van der Waals surface area contributed by atoms with Gasteiger partial charge in [-0.25, -0.2) is 0 Å². The van der Waals surface area contributed by atoms with Crippen molar-refractivity contribution in [3.05, 3.63) is 46.5 Å². The first-order chi connectivity index (χ1) is 15.8. The number of fused-ring (bicyclic) bond motifs is 3. The molecule has 2 saturated heterocycles. The molecule has 4 rings (SSSR count). The molecule has 7 heteroatoms. The summed E-state index contributed by atoms with van der Waals surface area (Å²) >= 11 is 0. The van der Waals surface area contributed by atoms with Crippen LogP contribution in [0.1, 0.15) is 57.9 Å². The molecule has 0 saturated carbocycles. The Morgan fingerprint density at radius 3 is 2.58 bits per heavy atom. The molecule has 1 aromatic carbocycles. The lowest BCUT2D eigenvalue weighted by Crippen LogP contribution is -2.46. The van der Waals surface area contributed by atoms with Crippen LogP contribution in [-0.4, -0.2) is 47.1 Å². The number of nitrogens with zero attached hydrogens (tertiary/aromatic N) is 1. The number of benzene rings is 1. The lowest BCUT2D eigenvalue weighted by Gasteiger charge is -2.43. The first-order valence-corrected chi connectivity index (χ1v) is 12.2. The van der Waals surface area contributed by atoms with Crippen molar-refractivity contribution < 1.29 is 24.4 Å². The van der Waals surface area contributed by atoms with Crippen molar-refractivity contribution in [2.45, 2.75) is 64.8 Å². The first-order valence-electron chi connectivity index (χ1n) is 12.2. The van der Waals surface area contributed by atoms with E-state index in [1.54, 1.807) is 19.2 Å². The highest BCUT2D eigenvalue weighted by Crippen LogP contribution is 2.51. The molecule has 1 aliphatic carbocycles. The van der Waals surface area contributed by atoms with Gasteiger partial charge in [0, 0.05) is 7.05 Å². The van der Waals surface area contributed by atoms with Gasteiger partial charge in [-0.15, -0.1) is 0 Å². The number of aromatic hydroxyl groups is 1. The van der Waals surface area contributed by atoms with Gasteiger partial charge in [0.05, 0.1) is 17.9 Å². The van der Waals surface area contributed by atoms with Gasteiger partial charge >= 0.3 is 7.12 Å². The van der Waals surface area contributed by atoms with Gasteiger partial charge in [-0.1, -0.05) is 49.6 Å². The van der Waals surface area contributed by atoms with Crippen LogP contribution in [0.3, 0.4) is 0 Å². The summed E-state index contributed by atoms with van der Waals surface area (Å²) in [5.41, 5.74) is 4.72. The smallest absolute Gasteiger partial charge is 0.455 e. The number of amides is 2. The van der Waals surface area contributed by atoms with E-state index >= 15 is 0 Å². The molecule has 0 spiro atoms. The van der Waals surface area contributed by atoms with Gasteiger partial charge in [-0.3, -0.25) is 14.5 Å². The Labute approximate surface area is 196 Å². The Morgan fingerprint density at radius 1 is 1.18 bits per heavy atom. The summed E-state index contributed by atoms with van der Waals surface area (Å²) in [6.07, 6.45) is 7.18. The maximum Gasteiger partial charge on any atom is 0.455 e. The molecule has 0 unspecified atom stereocenters. The lowest BCUT2D eigenvalue weighted by atomic mass is 9.58. The second-order valence-corrected chi connectivity index (χ2v) is 9.59. The Hall–Kier alpha value is -2.38. The highest BCUT2D eigenvalue weighted by atomic mass is 16.5. The third-order valence-electron chi connectivity index (χ3n) is 7.53. The van der Waals surface area contributed by atoms with E-state index in [1.807, 2.05) is 12.1 Å². The van der Waals surface area contributed by atoms with Crippen molar-refractivity contribution >= 4 is 25.0 Å². The quantitative estimate of drug-likeness (QED) is 0.369. The van der Waals surface area contributed by atoms with Crippen LogP contribution in [-0.2, 0) is 14.2 Å². The van der Waals surface area contributed by atoms with Crippen LogP contribution in [0.15, 0.2) is 41.0 Å². The predicted molar refractivity (Wildman–Crippen MR) is 128 cm³/mol. The van der Waals surface area contributed by atoms with E-state index in [4.69, 9.17) is 4.65 Å². The molecule has 2 fully saturated rings. The fourth-order valence-electron chi connectivity index (χ4n) is 5.93. The predicted octanol–water partition coefficient (Wildman–Crippen LogP) is 4.19. The number of likely N-dealkylation sites (tertiary alicyclic amines) is 1. The summed E-state index contributed by atoms with van der Waals surface area (Å²) in [6, 6.07) is 7.15. The minimum absolute atomic E-state index is 0.0831. The summed E-state index contributed by atoms with van der Waals surface area (Å²) in [5.74, 6) is -0.761. The molecule has 0 aromatic heterocycles. The standard InChI is InChI=1S/C26H34BNO5/c1-4-6-18-14-20-24(26(31)28(3)25(20)30)21-15-27(32)33-22(23(18)21)12-9-16(5-2)13-17-7-10-19(29)11-8-17/h7-8,10-11,13,20-22,24,29,32H,4-6,9,12,14-15H2,1-3H3/b16-13+/t20-,21+,22-,24-/m1/s1. The number of carbonyl (C=O) groups excluding carboxylic acids is 2. The van der Waals surface area contributed by atoms with Gasteiger partial charge in [-0.2, -0.15) is 0 Å². The maximum atomic E-state index is 13.0. The van der Waals surface area contributed by atoms with Gasteiger partial charge in [0.25, 0.3) is 0 Å². The van der Waals surface area contributed by atoms with E-state index in [0.29, 0.717) is 12.7 Å². The molecule has 4 atom stereocenters. The highest BCUT2D eigenvalue weighted by Gasteiger charge is 2.56. The Balaban J connectivity index is 1.60. The number of phenols is 1. The number of imide groups is 1. The minimum atomic E-state index is -0.926. The van der Waals surface area contributed by atoms with Gasteiger partial charge in [0.1, 0.15) is 5.75 Å². The third kappa shape index (κ3) is 4.66. The number of rotatable bonds is 7. The number of hydrogen-bond acceptors (Lipinski definition) is 5. The summed E-state index contributed by atoms with van der Waals surface area (Å²) < 4.78 is 6.06. The second-order valence-electron chi connectivity index (χ2n) is 9.59. The molecule has 33 heavy (non-hydrogen) atoms. The van der Waals surface area contributed by atoms with Crippen LogP contribution in [0.4, 0.5) is 0 Å². The normalized spacial score (nSPS) is 27.8. The van der Waals surface area contributed by atoms with Crippen molar-refractivity contribution in [3.63, 3.8) is 0 Å². The van der Waals surface area contributed by atoms with Gasteiger partial charge < -0.3 is 14.8 Å². The summed E-state index contributed by atoms with van der Waals surface area (Å²) in [6.45, 7) is 4.25. The van der Waals surface area contributed by atoms with E-state index in [9.17, 15) is 19.7 Å². The zero-order valence-corrected chi connectivity index (χ0v) is 19.8. The van der Waals surface area contributed by atoms with E-state index in [2.05, 4.69) is 19.9 Å². The average molecular weight is 451 g/mol. The molecule has 0 bridgehead atoms. The van der Waals surface area contributed by atoms with E-state index in [-0.39, 0.29) is 41.4 Å². The largest absolute Gasteiger partial charge is 0.508 e. The molecule has 176 valence electrons. The van der Waals surface area contributed by atoms with Crippen molar-refractivity contribution in [3.8, 4) is 5.75 Å². The molecular weight excluding hydrogens is 417 g/mol. The Kier molecular flexibility index (Phi) is 7.10. The second kappa shape index (κ2) is 9.86. The molecule has 1 aromatic rings. The van der Waals surface area contributed by atoms with Crippen LogP contribution >= 0.6 is 0 Å². The number of carbonyl (C=O) groups is 2. The van der Waals surface area contributed by atoms with Crippen molar-refractivity contribution in [1.29, 1.82) is 0 Å². The Bertz CT molecular complexity index is 969. The van der Waals surface area contributed by atoms with Gasteiger partial charge in [0.2, 0.25) is 11.8 Å². The summed E-state index contributed by atoms with van der Waals surface area (Å²) in [4.78, 5) is 27.0. The molecular formula is C26H34BNO5. The monoisotopic (exact) mass is 451 g/mol. The zero-order chi connectivity index (χ0) is 23.7. The van der Waals surface area contributed by atoms with Crippen LogP contribution in [0.2, 0.25) is 6.32 Å². The van der Waals surface area contributed by atoms with Crippen LogP contribution in [0.5, 0.6) is 5.75 Å². The lowest BCUT2D eigenvalue weighted by molar-refractivity contribution is -0.138. The number of hydrogen-bond donors (Lipinski definition) is 2. The third-order valence-corrected chi connectivity index (χ3v) is 7.53. The maximum absolute atomic E-state index is 13.0. The van der Waals surface area contributed by atoms with E-state index in [1.165, 1.54) is 21.6 Å². The van der Waals surface area contributed by atoms with Crippen molar-refractivity contribution in [2.75, 3.05) is 7.05 Å². The molecule has 2 N–H and O–H groups in total. The molecule has 6 nitrogen and oxygen atoms in total. The molecule has 0 radical (unpaired) electrons. The van der Waals surface area contributed by atoms with Gasteiger partial charge in [-0.05, 0) is 67.6 Å². The zero-order valence-electron chi connectivity index (χ0n) is 19.8. The molecule has 3 aliphatic rings. The molecule has 2 heterocycles. The number of phenolic OH excluding ortho intramolecular Hbond substituents is 1. The topological polar surface area (TPSA) is 87.1 Å². The van der Waals surface area contributed by atoms with Crippen LogP contribution in [0, 0.1) is 17.8 Å². The minimum Gasteiger partial charge on any atom is -0.508 e. The van der Waals surface area contributed by atoms with Gasteiger partial charge in [0.15, 0.2) is 0 Å². The van der Waals surface area contributed by atoms with Crippen molar-refractivity contribution in [2.24, 2.45) is 17.8 Å². The van der Waals surface area contributed by atoms with Crippen LogP contribution in [0.25, 0.3) is 6.08 Å². The van der Waals surface area contributed by atoms with Crippen molar-refractivity contribution in [1.82, 2.24) is 4.90 Å². The Morgan fingerprint density at radius 2 is 1.91 bits per heavy atom. The number of allylic oxidation sites excluding steroid dienone is 2. The fraction of sp³-hybridized carbons (Fsp3) is 0.538. The molecule has 2 amide bonds. The summed E-state index contributed by atoms with van der Waals surface area (Å²) in [5, 5.41) is 20.1. The highest BCUT2D eigenvalue weighted by molar-refractivity contribution is 6.43. The fourth-order valence-corrected chi connectivity index (χ4v) is 5.93. The van der Waals surface area contributed by atoms with Crippen LogP contribution < -0.4 is 0 Å².